The first kappa shape index (κ1) is 13.3. The van der Waals surface area contributed by atoms with Crippen molar-refractivity contribution in [2.24, 2.45) is 0 Å². The van der Waals surface area contributed by atoms with Crippen molar-refractivity contribution < 1.29 is 4.39 Å². The van der Waals surface area contributed by atoms with Gasteiger partial charge in [-0.3, -0.25) is 4.68 Å². The number of nitrogens with one attached hydrogen (secondary N) is 1. The van der Waals surface area contributed by atoms with E-state index >= 15 is 0 Å². The third-order valence-electron chi connectivity index (χ3n) is 3.62. The summed E-state index contributed by atoms with van der Waals surface area (Å²) in [6, 6.07) is 5.89. The van der Waals surface area contributed by atoms with Gasteiger partial charge >= 0.3 is 0 Å². The molecule has 0 bridgehead atoms. The summed E-state index contributed by atoms with van der Waals surface area (Å²) in [7, 11) is 0. The number of hydrogen-bond acceptors (Lipinski definition) is 2. The quantitative estimate of drug-likeness (QED) is 0.874. The second-order valence-electron chi connectivity index (χ2n) is 5.45. The minimum Gasteiger partial charge on any atom is -0.310 e. The highest BCUT2D eigenvalue weighted by Gasteiger charge is 2.20. The van der Waals surface area contributed by atoms with E-state index in [2.05, 4.69) is 17.3 Å². The molecule has 2 aromatic rings. The third kappa shape index (κ3) is 3.07. The van der Waals surface area contributed by atoms with Gasteiger partial charge in [-0.15, -0.1) is 0 Å². The Morgan fingerprint density at radius 2 is 2.20 bits per heavy atom. The Kier molecular flexibility index (Phi) is 3.83. The van der Waals surface area contributed by atoms with E-state index in [0.717, 1.165) is 29.7 Å². The Morgan fingerprint density at radius 1 is 1.35 bits per heavy atom. The molecule has 106 valence electrons. The molecule has 1 saturated carbocycles. The zero-order valence-electron chi connectivity index (χ0n) is 11.8. The van der Waals surface area contributed by atoms with Crippen LogP contribution in [-0.2, 0) is 13.1 Å². The maximum atomic E-state index is 13.8. The van der Waals surface area contributed by atoms with Crippen LogP contribution in [0.2, 0.25) is 0 Å². The summed E-state index contributed by atoms with van der Waals surface area (Å²) in [4.78, 5) is 0. The van der Waals surface area contributed by atoms with Crippen molar-refractivity contribution in [2.45, 2.75) is 45.3 Å². The average molecular weight is 273 g/mol. The van der Waals surface area contributed by atoms with E-state index in [9.17, 15) is 4.39 Å². The van der Waals surface area contributed by atoms with Gasteiger partial charge in [-0.05, 0) is 37.0 Å². The van der Waals surface area contributed by atoms with Gasteiger partial charge in [-0.25, -0.2) is 4.39 Å². The predicted octanol–water partition coefficient (Wildman–Crippen LogP) is 3.35. The molecule has 4 heteroatoms. The van der Waals surface area contributed by atoms with Crippen LogP contribution in [0.3, 0.4) is 0 Å². The fraction of sp³-hybridized carbons (Fsp3) is 0.438. The third-order valence-corrected chi connectivity index (χ3v) is 3.62. The summed E-state index contributed by atoms with van der Waals surface area (Å²) >= 11 is 0. The SMILES string of the molecule is CCCn1cc(-c2ccc(F)c(CNC3CC3)c2)cn1. The number of nitrogens with zero attached hydrogens (tertiary/aromatic N) is 2. The van der Waals surface area contributed by atoms with Gasteiger partial charge in [-0.1, -0.05) is 13.0 Å². The normalized spacial score (nSPS) is 14.7. The van der Waals surface area contributed by atoms with Crippen molar-refractivity contribution in [3.05, 3.63) is 42.0 Å². The second-order valence-corrected chi connectivity index (χ2v) is 5.45. The molecule has 1 aliphatic carbocycles. The first-order chi connectivity index (χ1) is 9.76. The monoisotopic (exact) mass is 273 g/mol. The van der Waals surface area contributed by atoms with Crippen molar-refractivity contribution in [1.82, 2.24) is 15.1 Å². The highest BCUT2D eigenvalue weighted by Crippen LogP contribution is 2.23. The predicted molar refractivity (Wildman–Crippen MR) is 77.8 cm³/mol. The Bertz CT molecular complexity index is 587. The smallest absolute Gasteiger partial charge is 0.127 e. The van der Waals surface area contributed by atoms with Crippen LogP contribution in [0.5, 0.6) is 0 Å². The highest BCUT2D eigenvalue weighted by molar-refractivity contribution is 5.62. The number of aryl methyl sites for hydroxylation is 1. The molecule has 0 spiro atoms. The Morgan fingerprint density at radius 3 is 2.95 bits per heavy atom. The summed E-state index contributed by atoms with van der Waals surface area (Å²) < 4.78 is 15.8. The summed E-state index contributed by atoms with van der Waals surface area (Å²) in [5, 5.41) is 7.68. The molecular weight excluding hydrogens is 253 g/mol. The van der Waals surface area contributed by atoms with Crippen LogP contribution < -0.4 is 5.32 Å². The highest BCUT2D eigenvalue weighted by atomic mass is 19.1. The minimum absolute atomic E-state index is 0.136. The van der Waals surface area contributed by atoms with E-state index in [0.29, 0.717) is 12.6 Å². The topological polar surface area (TPSA) is 29.9 Å². The first-order valence-corrected chi connectivity index (χ1v) is 7.31. The van der Waals surface area contributed by atoms with Crippen molar-refractivity contribution in [3.8, 4) is 11.1 Å². The molecule has 1 aliphatic rings. The van der Waals surface area contributed by atoms with E-state index < -0.39 is 0 Å². The van der Waals surface area contributed by atoms with Crippen LogP contribution in [0.1, 0.15) is 31.7 Å². The first-order valence-electron chi connectivity index (χ1n) is 7.31. The molecule has 0 atom stereocenters. The Hall–Kier alpha value is -1.68. The lowest BCUT2D eigenvalue weighted by molar-refractivity contribution is 0.587. The van der Waals surface area contributed by atoms with E-state index in [1.807, 2.05) is 29.2 Å². The number of halogens is 1. The zero-order valence-corrected chi connectivity index (χ0v) is 11.8. The number of hydrogen-bond donors (Lipinski definition) is 1. The van der Waals surface area contributed by atoms with Crippen LogP contribution in [-0.4, -0.2) is 15.8 Å². The molecule has 0 aliphatic heterocycles. The van der Waals surface area contributed by atoms with Gasteiger partial charge in [0.05, 0.1) is 6.20 Å². The summed E-state index contributed by atoms with van der Waals surface area (Å²) in [5.41, 5.74) is 2.81. The van der Waals surface area contributed by atoms with Crippen LogP contribution in [0, 0.1) is 5.82 Å². The largest absolute Gasteiger partial charge is 0.310 e. The lowest BCUT2D eigenvalue weighted by Gasteiger charge is -2.07. The maximum Gasteiger partial charge on any atom is 0.127 e. The molecular formula is C16H20FN3. The van der Waals surface area contributed by atoms with Crippen molar-refractivity contribution >= 4 is 0 Å². The lowest BCUT2D eigenvalue weighted by Crippen LogP contribution is -2.16. The molecule has 1 N–H and O–H groups in total. The molecule has 1 aromatic carbocycles. The fourth-order valence-corrected chi connectivity index (χ4v) is 2.30. The molecule has 0 unspecified atom stereocenters. The van der Waals surface area contributed by atoms with E-state index in [1.54, 1.807) is 6.07 Å². The van der Waals surface area contributed by atoms with Crippen molar-refractivity contribution in [1.29, 1.82) is 0 Å². The molecule has 1 heterocycles. The summed E-state index contributed by atoms with van der Waals surface area (Å²) in [5.74, 6) is -0.136. The molecule has 1 aromatic heterocycles. The van der Waals surface area contributed by atoms with Gasteiger partial charge in [0, 0.05) is 36.5 Å². The molecule has 0 saturated heterocycles. The van der Waals surface area contributed by atoms with Crippen molar-refractivity contribution in [2.75, 3.05) is 0 Å². The van der Waals surface area contributed by atoms with Gasteiger partial charge in [0.25, 0.3) is 0 Å². The zero-order chi connectivity index (χ0) is 13.9. The van der Waals surface area contributed by atoms with Crippen LogP contribution >= 0.6 is 0 Å². The van der Waals surface area contributed by atoms with Gasteiger partial charge < -0.3 is 5.32 Å². The number of aromatic nitrogens is 2. The second kappa shape index (κ2) is 5.75. The van der Waals surface area contributed by atoms with Gasteiger partial charge in [-0.2, -0.15) is 5.10 Å². The van der Waals surface area contributed by atoms with Gasteiger partial charge in [0.2, 0.25) is 0 Å². The van der Waals surface area contributed by atoms with E-state index in [4.69, 9.17) is 0 Å². The molecule has 0 amide bonds. The van der Waals surface area contributed by atoms with Crippen LogP contribution in [0.25, 0.3) is 11.1 Å². The lowest BCUT2D eigenvalue weighted by atomic mass is 10.1. The van der Waals surface area contributed by atoms with E-state index in [-0.39, 0.29) is 5.82 Å². The Labute approximate surface area is 118 Å². The molecule has 1 fully saturated rings. The molecule has 20 heavy (non-hydrogen) atoms. The average Bonchev–Trinajstić information content (AvgIpc) is 3.16. The van der Waals surface area contributed by atoms with Crippen LogP contribution in [0.15, 0.2) is 30.6 Å². The number of rotatable bonds is 6. The molecule has 0 radical (unpaired) electrons. The van der Waals surface area contributed by atoms with Crippen LogP contribution in [0.4, 0.5) is 4.39 Å². The molecule has 3 rings (SSSR count). The van der Waals surface area contributed by atoms with Crippen molar-refractivity contribution in [3.63, 3.8) is 0 Å². The minimum atomic E-state index is -0.136. The summed E-state index contributed by atoms with van der Waals surface area (Å²) in [6.07, 6.45) is 7.35. The number of benzene rings is 1. The fourth-order valence-electron chi connectivity index (χ4n) is 2.30. The maximum absolute atomic E-state index is 13.8. The Balaban J connectivity index is 1.78. The van der Waals surface area contributed by atoms with Gasteiger partial charge in [0.1, 0.15) is 5.82 Å². The van der Waals surface area contributed by atoms with Gasteiger partial charge in [0.15, 0.2) is 0 Å². The molecule has 3 nitrogen and oxygen atoms in total. The summed E-state index contributed by atoms with van der Waals surface area (Å²) in [6.45, 7) is 3.64. The standard InChI is InChI=1S/C16H20FN3/c1-2-7-20-11-14(10-19-20)12-3-6-16(17)13(8-12)9-18-15-4-5-15/h3,6,8,10-11,15,18H,2,4-5,7,9H2,1H3. The van der Waals surface area contributed by atoms with E-state index in [1.165, 1.54) is 12.8 Å².